The van der Waals surface area contributed by atoms with E-state index in [-0.39, 0.29) is 6.61 Å². The quantitative estimate of drug-likeness (QED) is 0.529. The second kappa shape index (κ2) is 7.64. The van der Waals surface area contributed by atoms with Crippen LogP contribution in [0.1, 0.15) is 60.3 Å². The zero-order chi connectivity index (χ0) is 15.2. The number of aliphatic hydroxyl groups is 1. The van der Waals surface area contributed by atoms with Gasteiger partial charge in [-0.3, -0.25) is 0 Å². The Kier molecular flexibility index (Phi) is 6.48. The second-order valence-corrected chi connectivity index (χ2v) is 6.68. The molecule has 0 radical (unpaired) electrons. The highest BCUT2D eigenvalue weighted by molar-refractivity contribution is 5.28. The maximum Gasteiger partial charge on any atom is 0.0642 e. The SMILES string of the molecule is CC(C=CC=C(C)CO)=CCC1=C(C)CCCC1(C)C. The molecule has 0 unspecified atom stereocenters. The molecule has 0 atom stereocenters. The first kappa shape index (κ1) is 17.0. The first-order chi connectivity index (χ1) is 9.36. The first-order valence-electron chi connectivity index (χ1n) is 7.67. The Hall–Kier alpha value is -1.08. The molecule has 0 aromatic carbocycles. The van der Waals surface area contributed by atoms with E-state index in [9.17, 15) is 0 Å². The van der Waals surface area contributed by atoms with Gasteiger partial charge in [-0.2, -0.15) is 0 Å². The molecular weight excluding hydrogens is 244 g/mol. The van der Waals surface area contributed by atoms with Gasteiger partial charge in [0.1, 0.15) is 0 Å². The maximum atomic E-state index is 8.94. The lowest BCUT2D eigenvalue weighted by molar-refractivity contribution is 0.331. The van der Waals surface area contributed by atoms with E-state index in [2.05, 4.69) is 39.8 Å². The van der Waals surface area contributed by atoms with E-state index in [1.54, 1.807) is 11.1 Å². The predicted molar refractivity (Wildman–Crippen MR) is 88.7 cm³/mol. The van der Waals surface area contributed by atoms with Crippen LogP contribution in [0.5, 0.6) is 0 Å². The topological polar surface area (TPSA) is 20.2 Å². The van der Waals surface area contributed by atoms with Gasteiger partial charge in [-0.25, -0.2) is 0 Å². The number of hydrogen-bond acceptors (Lipinski definition) is 1. The van der Waals surface area contributed by atoms with Crippen LogP contribution in [-0.4, -0.2) is 11.7 Å². The Bertz CT molecular complexity index is 444. The molecule has 1 aliphatic rings. The third-order valence-corrected chi connectivity index (χ3v) is 4.30. The Balaban J connectivity index is 2.71. The fourth-order valence-electron chi connectivity index (χ4n) is 2.87. The summed E-state index contributed by atoms with van der Waals surface area (Å²) in [5, 5.41) is 8.94. The largest absolute Gasteiger partial charge is 0.392 e. The van der Waals surface area contributed by atoms with Crippen LogP contribution in [0.25, 0.3) is 0 Å². The van der Waals surface area contributed by atoms with Crippen LogP contribution in [0.3, 0.4) is 0 Å². The van der Waals surface area contributed by atoms with Crippen LogP contribution in [-0.2, 0) is 0 Å². The van der Waals surface area contributed by atoms with Gasteiger partial charge < -0.3 is 5.11 Å². The van der Waals surface area contributed by atoms with Crippen molar-refractivity contribution >= 4 is 0 Å². The van der Waals surface area contributed by atoms with Crippen LogP contribution in [0.4, 0.5) is 0 Å². The van der Waals surface area contributed by atoms with Gasteiger partial charge in [0.25, 0.3) is 0 Å². The average Bonchev–Trinajstić information content (AvgIpc) is 2.37. The lowest BCUT2D eigenvalue weighted by Crippen LogP contribution is -2.20. The highest BCUT2D eigenvalue weighted by Crippen LogP contribution is 2.41. The van der Waals surface area contributed by atoms with E-state index in [4.69, 9.17) is 5.11 Å². The zero-order valence-corrected chi connectivity index (χ0v) is 13.8. The molecule has 0 aromatic heterocycles. The summed E-state index contributed by atoms with van der Waals surface area (Å²) >= 11 is 0. The minimum atomic E-state index is 0.132. The molecule has 1 rings (SSSR count). The standard InChI is InChI=1S/C19H30O/c1-15(8-6-9-16(2)14-20)11-12-18-17(3)10-7-13-19(18,4)5/h6,8-9,11,20H,7,10,12-14H2,1-5H3. The maximum absolute atomic E-state index is 8.94. The van der Waals surface area contributed by atoms with Crippen molar-refractivity contribution in [3.63, 3.8) is 0 Å². The summed E-state index contributed by atoms with van der Waals surface area (Å²) in [6.07, 6.45) is 13.4. The van der Waals surface area contributed by atoms with Crippen molar-refractivity contribution in [2.45, 2.75) is 60.3 Å². The van der Waals surface area contributed by atoms with Crippen molar-refractivity contribution in [2.75, 3.05) is 6.61 Å². The van der Waals surface area contributed by atoms with Gasteiger partial charge >= 0.3 is 0 Å². The summed E-state index contributed by atoms with van der Waals surface area (Å²) in [6, 6.07) is 0. The van der Waals surface area contributed by atoms with Crippen molar-refractivity contribution in [3.05, 3.63) is 46.6 Å². The van der Waals surface area contributed by atoms with Gasteiger partial charge in [0.2, 0.25) is 0 Å². The molecule has 20 heavy (non-hydrogen) atoms. The van der Waals surface area contributed by atoms with Crippen LogP contribution in [0, 0.1) is 5.41 Å². The molecule has 0 heterocycles. The van der Waals surface area contributed by atoms with Crippen molar-refractivity contribution in [2.24, 2.45) is 5.41 Å². The number of aliphatic hydroxyl groups excluding tert-OH is 1. The molecule has 0 spiro atoms. The zero-order valence-electron chi connectivity index (χ0n) is 13.8. The summed E-state index contributed by atoms with van der Waals surface area (Å²) in [5.41, 5.74) is 5.84. The molecule has 0 saturated heterocycles. The average molecular weight is 274 g/mol. The van der Waals surface area contributed by atoms with E-state index in [0.29, 0.717) is 5.41 Å². The number of allylic oxidation sites excluding steroid dienone is 7. The summed E-state index contributed by atoms with van der Waals surface area (Å²) in [6.45, 7) is 11.2. The van der Waals surface area contributed by atoms with Crippen molar-refractivity contribution in [3.8, 4) is 0 Å². The molecule has 1 nitrogen and oxygen atoms in total. The molecule has 0 fully saturated rings. The van der Waals surface area contributed by atoms with E-state index >= 15 is 0 Å². The highest BCUT2D eigenvalue weighted by Gasteiger charge is 2.27. The van der Waals surface area contributed by atoms with Gasteiger partial charge in [-0.1, -0.05) is 54.9 Å². The van der Waals surface area contributed by atoms with E-state index in [0.717, 1.165) is 12.0 Å². The smallest absolute Gasteiger partial charge is 0.0642 e. The van der Waals surface area contributed by atoms with Crippen LogP contribution in [0.2, 0.25) is 0 Å². The van der Waals surface area contributed by atoms with Crippen LogP contribution in [0.15, 0.2) is 46.6 Å². The van der Waals surface area contributed by atoms with Crippen LogP contribution < -0.4 is 0 Å². The summed E-state index contributed by atoms with van der Waals surface area (Å²) < 4.78 is 0. The Morgan fingerprint density at radius 3 is 2.60 bits per heavy atom. The minimum Gasteiger partial charge on any atom is -0.392 e. The van der Waals surface area contributed by atoms with Crippen LogP contribution >= 0.6 is 0 Å². The van der Waals surface area contributed by atoms with Gasteiger partial charge in [0.05, 0.1) is 6.61 Å². The summed E-state index contributed by atoms with van der Waals surface area (Å²) in [5.74, 6) is 0. The fourth-order valence-corrected chi connectivity index (χ4v) is 2.87. The molecular formula is C19H30O. The molecule has 112 valence electrons. The van der Waals surface area contributed by atoms with Gasteiger partial charge in [0, 0.05) is 0 Å². The Labute approximate surface area is 124 Å². The monoisotopic (exact) mass is 274 g/mol. The third kappa shape index (κ3) is 5.13. The Morgan fingerprint density at radius 2 is 2.00 bits per heavy atom. The fraction of sp³-hybridized carbons (Fsp3) is 0.579. The number of rotatable bonds is 5. The lowest BCUT2D eigenvalue weighted by Gasteiger charge is -2.34. The van der Waals surface area contributed by atoms with E-state index < -0.39 is 0 Å². The van der Waals surface area contributed by atoms with E-state index in [1.165, 1.54) is 24.8 Å². The Morgan fingerprint density at radius 1 is 1.30 bits per heavy atom. The van der Waals surface area contributed by atoms with Crippen molar-refractivity contribution in [1.82, 2.24) is 0 Å². The predicted octanol–water partition coefficient (Wildman–Crippen LogP) is 5.34. The molecule has 1 N–H and O–H groups in total. The van der Waals surface area contributed by atoms with Crippen molar-refractivity contribution in [1.29, 1.82) is 0 Å². The highest BCUT2D eigenvalue weighted by atomic mass is 16.3. The molecule has 1 aliphatic carbocycles. The minimum absolute atomic E-state index is 0.132. The van der Waals surface area contributed by atoms with E-state index in [1.807, 2.05) is 19.1 Å². The molecule has 0 saturated carbocycles. The second-order valence-electron chi connectivity index (χ2n) is 6.68. The van der Waals surface area contributed by atoms with Gasteiger partial charge in [0.15, 0.2) is 0 Å². The molecule has 1 heteroatoms. The third-order valence-electron chi connectivity index (χ3n) is 4.30. The molecule has 0 aromatic rings. The van der Waals surface area contributed by atoms with Crippen molar-refractivity contribution < 1.29 is 5.11 Å². The summed E-state index contributed by atoms with van der Waals surface area (Å²) in [7, 11) is 0. The van der Waals surface area contributed by atoms with Gasteiger partial charge in [-0.15, -0.1) is 0 Å². The number of hydrogen-bond donors (Lipinski definition) is 1. The molecule has 0 amide bonds. The molecule has 0 aliphatic heterocycles. The van der Waals surface area contributed by atoms with Gasteiger partial charge in [-0.05, 0) is 57.4 Å². The normalized spacial score (nSPS) is 20.9. The first-order valence-corrected chi connectivity index (χ1v) is 7.67. The molecule has 0 bridgehead atoms. The lowest BCUT2D eigenvalue weighted by atomic mass is 9.71. The summed E-state index contributed by atoms with van der Waals surface area (Å²) in [4.78, 5) is 0.